The number of nitrogens with one attached hydrogen (secondary N) is 1. The largest absolute Gasteiger partial charge is 0.465 e. The molecule has 1 aliphatic rings. The molecule has 0 spiro atoms. The van der Waals surface area contributed by atoms with Gasteiger partial charge in [-0.15, -0.1) is 0 Å². The second-order valence-electron chi connectivity index (χ2n) is 16.6. The van der Waals surface area contributed by atoms with Crippen LogP contribution < -0.4 is 5.32 Å². The highest BCUT2D eigenvalue weighted by Crippen LogP contribution is 2.36. The van der Waals surface area contributed by atoms with Crippen LogP contribution in [-0.4, -0.2) is 78.4 Å². The molecule has 1 rings (SSSR count). The smallest absolute Gasteiger partial charge is 0.311 e. The Labute approximate surface area is 258 Å². The van der Waals surface area contributed by atoms with Crippen molar-refractivity contribution in [3.8, 4) is 0 Å². The van der Waals surface area contributed by atoms with Crippen molar-refractivity contribution in [1.29, 1.82) is 0 Å². The molecule has 1 saturated heterocycles. The maximum absolute atomic E-state index is 13.7. The van der Waals surface area contributed by atoms with Crippen LogP contribution in [-0.2, 0) is 42.9 Å². The highest BCUT2D eigenvalue weighted by molar-refractivity contribution is 5.85. The molecule has 11 heteroatoms. The molecule has 0 unspecified atom stereocenters. The number of nitrogens with zero attached hydrogens (tertiary/aromatic N) is 1. The lowest BCUT2D eigenvalue weighted by atomic mass is 9.83. The van der Waals surface area contributed by atoms with Crippen LogP contribution in [0.1, 0.15) is 104 Å². The van der Waals surface area contributed by atoms with Gasteiger partial charge in [0.1, 0.15) is 18.8 Å². The Balaban J connectivity index is 3.79. The molecule has 1 N–H and O–H groups in total. The van der Waals surface area contributed by atoms with E-state index < -0.39 is 81.4 Å². The van der Waals surface area contributed by atoms with Crippen molar-refractivity contribution < 1.29 is 42.9 Å². The van der Waals surface area contributed by atoms with Crippen LogP contribution in [0.2, 0.25) is 0 Å². The molecule has 2 amide bonds. The van der Waals surface area contributed by atoms with Crippen molar-refractivity contribution in [3.63, 3.8) is 0 Å². The first-order valence-corrected chi connectivity index (χ1v) is 14.9. The Bertz CT molecular complexity index is 1020. The van der Waals surface area contributed by atoms with Gasteiger partial charge in [0.2, 0.25) is 12.3 Å². The zero-order chi connectivity index (χ0) is 33.9. The van der Waals surface area contributed by atoms with Crippen molar-refractivity contribution in [3.05, 3.63) is 0 Å². The van der Waals surface area contributed by atoms with Gasteiger partial charge in [0, 0.05) is 5.54 Å². The third-order valence-electron chi connectivity index (χ3n) is 6.64. The fourth-order valence-electron chi connectivity index (χ4n) is 4.24. The molecule has 0 radical (unpaired) electrons. The molecule has 1 heterocycles. The van der Waals surface area contributed by atoms with Gasteiger partial charge in [0.25, 0.3) is 0 Å². The first kappa shape index (κ1) is 38.3. The van der Waals surface area contributed by atoms with Gasteiger partial charge in [-0.05, 0) is 88.5 Å². The number of hydrogen-bond donors (Lipinski definition) is 1. The van der Waals surface area contributed by atoms with Crippen molar-refractivity contribution in [2.75, 3.05) is 13.2 Å². The number of hydrogen-bond acceptors (Lipinski definition) is 9. The molecule has 0 saturated carbocycles. The highest BCUT2D eigenvalue weighted by Gasteiger charge is 2.52. The Morgan fingerprint density at radius 2 is 1.26 bits per heavy atom. The summed E-state index contributed by atoms with van der Waals surface area (Å²) in [4.78, 5) is 66.8. The van der Waals surface area contributed by atoms with E-state index in [-0.39, 0.29) is 13.2 Å². The van der Waals surface area contributed by atoms with E-state index in [2.05, 4.69) is 5.32 Å². The van der Waals surface area contributed by atoms with Crippen LogP contribution in [0.4, 0.5) is 0 Å². The summed E-state index contributed by atoms with van der Waals surface area (Å²) in [6.07, 6.45) is -3.01. The van der Waals surface area contributed by atoms with Gasteiger partial charge in [0.05, 0.1) is 28.8 Å². The van der Waals surface area contributed by atoms with E-state index in [9.17, 15) is 24.0 Å². The standard InChI is InChI=1S/C32H56N2O9/c1-28(2,3)22(23(36)33-32(13,14)15)34(18-35)24-21(43-27(39)31(10,11)12)19(16-41-25(37)29(4,5)6)20(17-40-24)42-26(38)30(7,8)9/h18-22,24H,16-17H2,1-15H3,(H,33,36)/t19-,20-,21+,22-,24+/m1/s1. The molecule has 5 atom stereocenters. The van der Waals surface area contributed by atoms with Gasteiger partial charge in [0.15, 0.2) is 12.3 Å². The fraction of sp³-hybridized carbons (Fsp3) is 0.844. The van der Waals surface area contributed by atoms with E-state index in [1.165, 1.54) is 4.90 Å². The summed E-state index contributed by atoms with van der Waals surface area (Å²) in [5.74, 6) is -3.00. The predicted octanol–water partition coefficient (Wildman–Crippen LogP) is 4.25. The molecule has 0 aliphatic carbocycles. The molecule has 0 aromatic carbocycles. The highest BCUT2D eigenvalue weighted by atomic mass is 16.6. The zero-order valence-corrected chi connectivity index (χ0v) is 29.0. The van der Waals surface area contributed by atoms with Crippen LogP contribution in [0.3, 0.4) is 0 Å². The molecule has 11 nitrogen and oxygen atoms in total. The molecular weight excluding hydrogens is 556 g/mol. The molecule has 43 heavy (non-hydrogen) atoms. The molecule has 0 aromatic heterocycles. The van der Waals surface area contributed by atoms with E-state index >= 15 is 0 Å². The summed E-state index contributed by atoms with van der Waals surface area (Å²) in [6, 6.07) is -1.04. The third kappa shape index (κ3) is 11.1. The van der Waals surface area contributed by atoms with Gasteiger partial charge in [-0.3, -0.25) is 24.0 Å². The van der Waals surface area contributed by atoms with Gasteiger partial charge in [-0.25, -0.2) is 0 Å². The SMILES string of the molecule is CC(C)(C)NC(=O)[C@@H](N(C=O)[C@H]1OC[C@@H](OC(=O)C(C)(C)C)[C@@H](COC(=O)C(C)(C)C)[C@@H]1OC(=O)C(C)(C)C)C(C)(C)C. The van der Waals surface area contributed by atoms with Gasteiger partial charge >= 0.3 is 17.9 Å². The Kier molecular flexibility index (Phi) is 12.1. The van der Waals surface area contributed by atoms with Crippen LogP contribution >= 0.6 is 0 Å². The average Bonchev–Trinajstić information content (AvgIpc) is 2.78. The van der Waals surface area contributed by atoms with Crippen LogP contribution in [0.25, 0.3) is 0 Å². The van der Waals surface area contributed by atoms with Crippen molar-refractivity contribution in [1.82, 2.24) is 10.2 Å². The summed E-state index contributed by atoms with van der Waals surface area (Å²) in [5.41, 5.74) is -4.03. The van der Waals surface area contributed by atoms with E-state index in [4.69, 9.17) is 18.9 Å². The lowest BCUT2D eigenvalue weighted by Gasteiger charge is -2.49. The number of amides is 2. The molecule has 1 aliphatic heterocycles. The summed E-state index contributed by atoms with van der Waals surface area (Å²) in [6.45, 7) is 25.6. The maximum Gasteiger partial charge on any atom is 0.311 e. The topological polar surface area (TPSA) is 138 Å². The van der Waals surface area contributed by atoms with E-state index in [0.29, 0.717) is 6.41 Å². The minimum atomic E-state index is -1.26. The maximum atomic E-state index is 13.7. The van der Waals surface area contributed by atoms with Crippen LogP contribution in [0, 0.1) is 27.6 Å². The normalized spacial score (nSPS) is 22.6. The first-order chi connectivity index (χ1) is 19.1. The second kappa shape index (κ2) is 13.5. The Morgan fingerprint density at radius 3 is 1.65 bits per heavy atom. The quantitative estimate of drug-likeness (QED) is 0.242. The first-order valence-electron chi connectivity index (χ1n) is 14.9. The Hall–Kier alpha value is -2.69. The second-order valence-corrected chi connectivity index (χ2v) is 16.6. The fourth-order valence-corrected chi connectivity index (χ4v) is 4.24. The van der Waals surface area contributed by atoms with Gasteiger partial charge in [-0.2, -0.15) is 0 Å². The van der Waals surface area contributed by atoms with Crippen LogP contribution in [0.5, 0.6) is 0 Å². The van der Waals surface area contributed by atoms with Crippen molar-refractivity contribution >= 4 is 30.2 Å². The molecule has 1 fully saturated rings. The number of rotatable bonds is 8. The number of esters is 3. The Morgan fingerprint density at radius 1 is 0.791 bits per heavy atom. The van der Waals surface area contributed by atoms with E-state index in [0.717, 1.165) is 0 Å². The molecule has 0 aromatic rings. The van der Waals surface area contributed by atoms with Gasteiger partial charge < -0.3 is 29.2 Å². The minimum absolute atomic E-state index is 0.199. The summed E-state index contributed by atoms with van der Waals surface area (Å²) < 4.78 is 23.7. The number of ether oxygens (including phenoxy) is 4. The summed E-state index contributed by atoms with van der Waals surface area (Å²) in [5, 5.41) is 2.94. The minimum Gasteiger partial charge on any atom is -0.465 e. The van der Waals surface area contributed by atoms with Crippen LogP contribution in [0.15, 0.2) is 0 Å². The van der Waals surface area contributed by atoms with E-state index in [1.54, 1.807) is 62.3 Å². The summed E-state index contributed by atoms with van der Waals surface area (Å²) >= 11 is 0. The lowest BCUT2D eigenvalue weighted by Crippen LogP contribution is -2.66. The molecular formula is C32H56N2O9. The number of carbonyl (C=O) groups excluding carboxylic acids is 5. The van der Waals surface area contributed by atoms with Gasteiger partial charge in [-0.1, -0.05) is 20.8 Å². The zero-order valence-electron chi connectivity index (χ0n) is 29.0. The molecule has 0 bridgehead atoms. The van der Waals surface area contributed by atoms with Crippen molar-refractivity contribution in [2.45, 2.75) is 134 Å². The average molecular weight is 613 g/mol. The third-order valence-corrected chi connectivity index (χ3v) is 6.64. The summed E-state index contributed by atoms with van der Waals surface area (Å²) in [7, 11) is 0. The van der Waals surface area contributed by atoms with Crippen molar-refractivity contribution in [2.24, 2.45) is 27.6 Å². The molecule has 248 valence electrons. The van der Waals surface area contributed by atoms with E-state index in [1.807, 2.05) is 41.5 Å². The number of carbonyl (C=O) groups is 5. The lowest BCUT2D eigenvalue weighted by molar-refractivity contribution is -0.244. The monoisotopic (exact) mass is 612 g/mol. The predicted molar refractivity (Wildman–Crippen MR) is 161 cm³/mol.